The van der Waals surface area contributed by atoms with Crippen molar-refractivity contribution in [2.75, 3.05) is 0 Å². The summed E-state index contributed by atoms with van der Waals surface area (Å²) in [4.78, 5) is 0. The summed E-state index contributed by atoms with van der Waals surface area (Å²) in [6, 6.07) is 0. The average Bonchev–Trinajstić information content (AvgIpc) is 1.83. The lowest BCUT2D eigenvalue weighted by atomic mass is 10.2. The predicted octanol–water partition coefficient (Wildman–Crippen LogP) is 1.85. The summed E-state index contributed by atoms with van der Waals surface area (Å²) < 4.78 is 0. The van der Waals surface area contributed by atoms with Crippen LogP contribution in [-0.4, -0.2) is 6.10 Å². The molecule has 0 saturated carbocycles. The minimum Gasteiger partial charge on any atom is -0.219 e. The van der Waals surface area contributed by atoms with Crippen LogP contribution >= 0.6 is 0 Å². The molecule has 0 rings (SSSR count). The molecular weight excluding hydrogens is 112 g/mol. The second-order valence-corrected chi connectivity index (χ2v) is 2.34. The van der Waals surface area contributed by atoms with E-state index >= 15 is 0 Å². The standard InChI is InChI=1S/C8H13O/c1-4-8(9)6-5-7(2)3/h7-8H,4H2,1-3H3. The van der Waals surface area contributed by atoms with Gasteiger partial charge in [0, 0.05) is 5.92 Å². The fourth-order valence-electron chi connectivity index (χ4n) is 0.362. The van der Waals surface area contributed by atoms with Crippen molar-refractivity contribution in [1.29, 1.82) is 0 Å². The quantitative estimate of drug-likeness (QED) is 0.477. The van der Waals surface area contributed by atoms with Gasteiger partial charge in [0.1, 0.15) is 0 Å². The summed E-state index contributed by atoms with van der Waals surface area (Å²) in [5.74, 6) is 5.79. The number of rotatable bonds is 1. The SMILES string of the molecule is CCC([O])C#CC(C)C. The smallest absolute Gasteiger partial charge is 0.153 e. The highest BCUT2D eigenvalue weighted by molar-refractivity contribution is 5.05. The molecule has 0 heterocycles. The van der Waals surface area contributed by atoms with Gasteiger partial charge < -0.3 is 0 Å². The fraction of sp³-hybridized carbons (Fsp3) is 0.750. The van der Waals surface area contributed by atoms with E-state index in [1.54, 1.807) is 0 Å². The normalized spacial score (nSPS) is 12.6. The summed E-state index contributed by atoms with van der Waals surface area (Å²) in [7, 11) is 0. The molecule has 0 aliphatic rings. The first kappa shape index (κ1) is 8.52. The van der Waals surface area contributed by atoms with Crippen LogP contribution in [0.25, 0.3) is 0 Å². The highest BCUT2D eigenvalue weighted by Gasteiger charge is 1.93. The van der Waals surface area contributed by atoms with Gasteiger partial charge >= 0.3 is 0 Å². The largest absolute Gasteiger partial charge is 0.219 e. The molecule has 1 unspecified atom stereocenters. The van der Waals surface area contributed by atoms with Crippen molar-refractivity contribution in [1.82, 2.24) is 0 Å². The highest BCUT2D eigenvalue weighted by Crippen LogP contribution is 1.90. The first-order valence-electron chi connectivity index (χ1n) is 3.33. The van der Waals surface area contributed by atoms with Gasteiger partial charge in [0.25, 0.3) is 0 Å². The van der Waals surface area contributed by atoms with Crippen LogP contribution in [0.4, 0.5) is 0 Å². The molecule has 1 nitrogen and oxygen atoms in total. The molecule has 0 fully saturated rings. The molecular formula is C8H13O. The maximum atomic E-state index is 10.6. The first-order valence-corrected chi connectivity index (χ1v) is 3.33. The van der Waals surface area contributed by atoms with Crippen molar-refractivity contribution < 1.29 is 5.11 Å². The molecule has 0 spiro atoms. The Morgan fingerprint density at radius 2 is 1.89 bits per heavy atom. The molecule has 1 radical (unpaired) electrons. The van der Waals surface area contributed by atoms with Crippen LogP contribution in [0.3, 0.4) is 0 Å². The van der Waals surface area contributed by atoms with Gasteiger partial charge in [-0.05, 0) is 6.42 Å². The van der Waals surface area contributed by atoms with E-state index in [9.17, 15) is 5.11 Å². The van der Waals surface area contributed by atoms with Crippen molar-refractivity contribution >= 4 is 0 Å². The summed E-state index contributed by atoms with van der Waals surface area (Å²) in [6.45, 7) is 5.82. The van der Waals surface area contributed by atoms with Gasteiger partial charge in [-0.2, -0.15) is 0 Å². The van der Waals surface area contributed by atoms with E-state index < -0.39 is 6.10 Å². The van der Waals surface area contributed by atoms with Gasteiger partial charge in [-0.3, -0.25) is 0 Å². The second-order valence-electron chi connectivity index (χ2n) is 2.34. The molecule has 0 aliphatic carbocycles. The van der Waals surface area contributed by atoms with Gasteiger partial charge in [-0.25, -0.2) is 5.11 Å². The highest BCUT2D eigenvalue weighted by atomic mass is 16.3. The lowest BCUT2D eigenvalue weighted by Gasteiger charge is -1.92. The van der Waals surface area contributed by atoms with Gasteiger partial charge in [0.2, 0.25) is 0 Å². The molecule has 0 saturated heterocycles. The Balaban J connectivity index is 3.58. The Labute approximate surface area is 57.1 Å². The van der Waals surface area contributed by atoms with Crippen LogP contribution in [0.5, 0.6) is 0 Å². The van der Waals surface area contributed by atoms with Crippen molar-refractivity contribution in [3.05, 3.63) is 0 Å². The molecule has 0 amide bonds. The van der Waals surface area contributed by atoms with E-state index in [-0.39, 0.29) is 0 Å². The summed E-state index contributed by atoms with van der Waals surface area (Å²) in [5.41, 5.74) is 0. The van der Waals surface area contributed by atoms with E-state index in [1.165, 1.54) is 0 Å². The molecule has 0 aromatic rings. The Morgan fingerprint density at radius 3 is 2.22 bits per heavy atom. The van der Waals surface area contributed by atoms with Crippen molar-refractivity contribution in [3.8, 4) is 11.8 Å². The maximum absolute atomic E-state index is 10.6. The summed E-state index contributed by atoms with van der Waals surface area (Å²) >= 11 is 0. The maximum Gasteiger partial charge on any atom is 0.153 e. The third-order valence-electron chi connectivity index (χ3n) is 0.904. The Hall–Kier alpha value is -0.480. The van der Waals surface area contributed by atoms with Gasteiger partial charge in [0.05, 0.1) is 0 Å². The molecule has 0 N–H and O–H groups in total. The van der Waals surface area contributed by atoms with E-state index in [4.69, 9.17) is 0 Å². The van der Waals surface area contributed by atoms with E-state index in [1.807, 2.05) is 20.8 Å². The minimum absolute atomic E-state index is 0.327. The third-order valence-corrected chi connectivity index (χ3v) is 0.904. The van der Waals surface area contributed by atoms with Crippen LogP contribution in [0.15, 0.2) is 0 Å². The minimum atomic E-state index is -0.674. The Morgan fingerprint density at radius 1 is 1.33 bits per heavy atom. The molecule has 0 aromatic heterocycles. The van der Waals surface area contributed by atoms with Gasteiger partial charge in [-0.15, -0.1) is 0 Å². The second kappa shape index (κ2) is 4.40. The summed E-state index contributed by atoms with van der Waals surface area (Å²) in [5, 5.41) is 10.6. The van der Waals surface area contributed by atoms with Crippen molar-refractivity contribution in [3.63, 3.8) is 0 Å². The van der Waals surface area contributed by atoms with Crippen LogP contribution in [-0.2, 0) is 5.11 Å². The average molecular weight is 125 g/mol. The monoisotopic (exact) mass is 125 g/mol. The molecule has 1 atom stereocenters. The molecule has 1 heteroatoms. The lowest BCUT2D eigenvalue weighted by molar-refractivity contribution is 0.134. The number of hydrogen-bond donors (Lipinski definition) is 0. The Bertz CT molecular complexity index is 116. The Kier molecular flexibility index (Phi) is 4.17. The van der Waals surface area contributed by atoms with Crippen molar-refractivity contribution in [2.24, 2.45) is 5.92 Å². The molecule has 51 valence electrons. The zero-order chi connectivity index (χ0) is 7.28. The van der Waals surface area contributed by atoms with Crippen LogP contribution in [0.1, 0.15) is 27.2 Å². The topological polar surface area (TPSA) is 19.9 Å². The predicted molar refractivity (Wildman–Crippen MR) is 37.4 cm³/mol. The van der Waals surface area contributed by atoms with Crippen LogP contribution < -0.4 is 0 Å². The number of hydrogen-bond acceptors (Lipinski definition) is 0. The lowest BCUT2D eigenvalue weighted by Crippen LogP contribution is -1.97. The van der Waals surface area contributed by atoms with Crippen LogP contribution in [0, 0.1) is 17.8 Å². The zero-order valence-corrected chi connectivity index (χ0v) is 6.27. The third kappa shape index (κ3) is 5.39. The first-order chi connectivity index (χ1) is 4.16. The summed E-state index contributed by atoms with van der Waals surface area (Å²) in [6.07, 6.45) is -0.0629. The van der Waals surface area contributed by atoms with Crippen molar-refractivity contribution in [2.45, 2.75) is 33.3 Å². The van der Waals surface area contributed by atoms with Crippen LogP contribution in [0.2, 0.25) is 0 Å². The molecule has 0 aromatic carbocycles. The van der Waals surface area contributed by atoms with E-state index in [2.05, 4.69) is 11.8 Å². The van der Waals surface area contributed by atoms with Gasteiger partial charge in [0.15, 0.2) is 6.10 Å². The van der Waals surface area contributed by atoms with E-state index in [0.29, 0.717) is 12.3 Å². The molecule has 0 aliphatic heterocycles. The zero-order valence-electron chi connectivity index (χ0n) is 6.27. The van der Waals surface area contributed by atoms with E-state index in [0.717, 1.165) is 0 Å². The van der Waals surface area contributed by atoms with Gasteiger partial charge in [-0.1, -0.05) is 32.6 Å². The fourth-order valence-corrected chi connectivity index (χ4v) is 0.362. The molecule has 9 heavy (non-hydrogen) atoms. The molecule has 0 bridgehead atoms.